The molecule has 1 N–H and O–H groups in total. The number of carbonyl (C=O) groups excluding carboxylic acids is 2. The minimum absolute atomic E-state index is 0.106. The Morgan fingerprint density at radius 2 is 2.22 bits per heavy atom. The van der Waals surface area contributed by atoms with Gasteiger partial charge in [0.15, 0.2) is 0 Å². The zero-order valence-corrected chi connectivity index (χ0v) is 10.3. The van der Waals surface area contributed by atoms with E-state index in [-0.39, 0.29) is 30.7 Å². The Hall–Kier alpha value is -2.18. The molecule has 0 atom stereocenters. The van der Waals surface area contributed by atoms with Crippen molar-refractivity contribution in [3.63, 3.8) is 0 Å². The van der Waals surface area contributed by atoms with Gasteiger partial charge in [-0.15, -0.1) is 0 Å². The third-order valence-electron chi connectivity index (χ3n) is 2.04. The van der Waals surface area contributed by atoms with Crippen molar-refractivity contribution in [3.05, 3.63) is 22.7 Å². The van der Waals surface area contributed by atoms with Crippen molar-refractivity contribution in [2.24, 2.45) is 0 Å². The zero-order chi connectivity index (χ0) is 13.5. The number of aromatic nitrogens is 2. The normalized spacial score (nSPS) is 9.89. The quantitative estimate of drug-likeness (QED) is 0.754. The minimum atomic E-state index is -0.523. The molecule has 98 valence electrons. The number of nitrogens with zero attached hydrogens (tertiary/aromatic N) is 2. The number of nitrogens with one attached hydrogen (secondary N) is 1. The standard InChI is InChI=1S/C11H15N3O4/c1-3-18-10(16)5-7-14-6-4-9(12-8(2)15)13-11(14)17/h4,6H,3,5,7H2,1-2H3,(H,12,13,15,17). The molecule has 1 aromatic rings. The molecule has 0 unspecified atom stereocenters. The van der Waals surface area contributed by atoms with Gasteiger partial charge in [-0.2, -0.15) is 4.98 Å². The molecule has 18 heavy (non-hydrogen) atoms. The van der Waals surface area contributed by atoms with Crippen LogP contribution < -0.4 is 11.0 Å². The van der Waals surface area contributed by atoms with Gasteiger partial charge in [-0.3, -0.25) is 14.2 Å². The molecule has 7 heteroatoms. The lowest BCUT2D eigenvalue weighted by Gasteiger charge is -2.06. The first-order valence-electron chi connectivity index (χ1n) is 5.53. The van der Waals surface area contributed by atoms with Gasteiger partial charge in [-0.25, -0.2) is 4.79 Å². The second-order valence-electron chi connectivity index (χ2n) is 3.52. The molecule has 0 radical (unpaired) electrons. The van der Waals surface area contributed by atoms with E-state index in [0.717, 1.165) is 0 Å². The molecule has 0 bridgehead atoms. The highest BCUT2D eigenvalue weighted by atomic mass is 16.5. The average Bonchev–Trinajstić information content (AvgIpc) is 2.27. The van der Waals surface area contributed by atoms with Crippen LogP contribution in [0.15, 0.2) is 17.1 Å². The minimum Gasteiger partial charge on any atom is -0.466 e. The molecule has 0 saturated heterocycles. The second-order valence-corrected chi connectivity index (χ2v) is 3.52. The van der Waals surface area contributed by atoms with Crippen molar-refractivity contribution in [3.8, 4) is 0 Å². The van der Waals surface area contributed by atoms with Crippen LogP contribution in [0, 0.1) is 0 Å². The lowest BCUT2D eigenvalue weighted by atomic mass is 10.4. The number of amides is 1. The molecular weight excluding hydrogens is 238 g/mol. The molecule has 1 aromatic heterocycles. The lowest BCUT2D eigenvalue weighted by Crippen LogP contribution is -2.25. The lowest BCUT2D eigenvalue weighted by molar-refractivity contribution is -0.143. The van der Waals surface area contributed by atoms with Crippen LogP contribution in [-0.2, 0) is 20.9 Å². The van der Waals surface area contributed by atoms with Crippen LogP contribution in [0.4, 0.5) is 5.82 Å². The number of aryl methyl sites for hydroxylation is 1. The molecule has 0 spiro atoms. The van der Waals surface area contributed by atoms with E-state index in [9.17, 15) is 14.4 Å². The van der Waals surface area contributed by atoms with Gasteiger partial charge in [0, 0.05) is 19.7 Å². The van der Waals surface area contributed by atoms with E-state index < -0.39 is 5.69 Å². The summed E-state index contributed by atoms with van der Waals surface area (Å²) >= 11 is 0. The third-order valence-corrected chi connectivity index (χ3v) is 2.04. The van der Waals surface area contributed by atoms with Gasteiger partial charge < -0.3 is 10.1 Å². The summed E-state index contributed by atoms with van der Waals surface area (Å²) in [6.45, 7) is 3.56. The summed E-state index contributed by atoms with van der Waals surface area (Å²) in [5.74, 6) is -0.471. The smallest absolute Gasteiger partial charge is 0.349 e. The van der Waals surface area contributed by atoms with E-state index >= 15 is 0 Å². The molecule has 0 fully saturated rings. The van der Waals surface area contributed by atoms with Gasteiger partial charge in [-0.1, -0.05) is 0 Å². The highest BCUT2D eigenvalue weighted by molar-refractivity contribution is 5.87. The molecule has 1 rings (SSSR count). The molecule has 1 heterocycles. The number of hydrogen-bond acceptors (Lipinski definition) is 5. The van der Waals surface area contributed by atoms with Crippen LogP contribution in [-0.4, -0.2) is 28.0 Å². The maximum absolute atomic E-state index is 11.5. The summed E-state index contributed by atoms with van der Waals surface area (Å²) in [4.78, 5) is 37.1. The summed E-state index contributed by atoms with van der Waals surface area (Å²) in [5, 5.41) is 2.40. The van der Waals surface area contributed by atoms with E-state index in [1.807, 2.05) is 0 Å². The molecule has 1 amide bonds. The Bertz CT molecular complexity index is 495. The zero-order valence-electron chi connectivity index (χ0n) is 10.3. The monoisotopic (exact) mass is 253 g/mol. The van der Waals surface area contributed by atoms with Crippen molar-refractivity contribution in [1.82, 2.24) is 9.55 Å². The van der Waals surface area contributed by atoms with Gasteiger partial charge in [0.05, 0.1) is 13.0 Å². The van der Waals surface area contributed by atoms with Crippen molar-refractivity contribution in [2.45, 2.75) is 26.8 Å². The summed E-state index contributed by atoms with van der Waals surface area (Å²) in [6.07, 6.45) is 1.58. The Kier molecular flexibility index (Phi) is 5.04. The molecule has 0 aliphatic heterocycles. The first kappa shape index (κ1) is 13.9. The highest BCUT2D eigenvalue weighted by Crippen LogP contribution is 1.98. The van der Waals surface area contributed by atoms with E-state index in [0.29, 0.717) is 6.61 Å². The first-order chi connectivity index (χ1) is 8.52. The van der Waals surface area contributed by atoms with Crippen molar-refractivity contribution >= 4 is 17.7 Å². The Morgan fingerprint density at radius 3 is 2.78 bits per heavy atom. The maximum atomic E-state index is 11.5. The van der Waals surface area contributed by atoms with Crippen molar-refractivity contribution < 1.29 is 14.3 Å². The van der Waals surface area contributed by atoms with Crippen molar-refractivity contribution in [1.29, 1.82) is 0 Å². The van der Waals surface area contributed by atoms with Crippen LogP contribution in [0.2, 0.25) is 0 Å². The van der Waals surface area contributed by atoms with Crippen molar-refractivity contribution in [2.75, 3.05) is 11.9 Å². The molecule has 0 aromatic carbocycles. The van der Waals surface area contributed by atoms with Gasteiger partial charge >= 0.3 is 11.7 Å². The Balaban J connectivity index is 2.65. The molecule has 0 saturated carbocycles. The Morgan fingerprint density at radius 1 is 1.50 bits per heavy atom. The number of ether oxygens (including phenoxy) is 1. The van der Waals surface area contributed by atoms with E-state index in [1.54, 1.807) is 6.92 Å². The summed E-state index contributed by atoms with van der Waals surface area (Å²) in [6, 6.07) is 1.49. The molecular formula is C11H15N3O4. The Labute approximate surface area is 104 Å². The predicted molar refractivity (Wildman–Crippen MR) is 64.1 cm³/mol. The molecule has 0 aliphatic rings. The number of hydrogen-bond donors (Lipinski definition) is 1. The first-order valence-corrected chi connectivity index (χ1v) is 5.53. The van der Waals surface area contributed by atoms with Crippen LogP contribution in [0.3, 0.4) is 0 Å². The van der Waals surface area contributed by atoms with E-state index in [2.05, 4.69) is 10.3 Å². The number of rotatable bonds is 5. The summed E-state index contributed by atoms with van der Waals surface area (Å²) < 4.78 is 6.03. The molecule has 7 nitrogen and oxygen atoms in total. The fraction of sp³-hybridized carbons (Fsp3) is 0.455. The topological polar surface area (TPSA) is 90.3 Å². The van der Waals surface area contributed by atoms with Gasteiger partial charge in [0.2, 0.25) is 5.91 Å². The van der Waals surface area contributed by atoms with Crippen LogP contribution in [0.25, 0.3) is 0 Å². The van der Waals surface area contributed by atoms with Crippen LogP contribution in [0.5, 0.6) is 0 Å². The number of carbonyl (C=O) groups is 2. The van der Waals surface area contributed by atoms with Crippen LogP contribution >= 0.6 is 0 Å². The van der Waals surface area contributed by atoms with Gasteiger partial charge in [-0.05, 0) is 13.0 Å². The maximum Gasteiger partial charge on any atom is 0.349 e. The largest absolute Gasteiger partial charge is 0.466 e. The highest BCUT2D eigenvalue weighted by Gasteiger charge is 2.05. The van der Waals surface area contributed by atoms with Gasteiger partial charge in [0.25, 0.3) is 0 Å². The number of anilines is 1. The van der Waals surface area contributed by atoms with Gasteiger partial charge in [0.1, 0.15) is 5.82 Å². The predicted octanol–water partition coefficient (Wildman–Crippen LogP) is 0.155. The SMILES string of the molecule is CCOC(=O)CCn1ccc(NC(C)=O)nc1=O. The number of esters is 1. The van der Waals surface area contributed by atoms with Crippen LogP contribution in [0.1, 0.15) is 20.3 Å². The van der Waals surface area contributed by atoms with E-state index in [1.165, 1.54) is 23.8 Å². The third kappa shape index (κ3) is 4.36. The van der Waals surface area contributed by atoms with E-state index in [4.69, 9.17) is 4.74 Å². The summed E-state index contributed by atoms with van der Waals surface area (Å²) in [5.41, 5.74) is -0.523. The molecule has 0 aliphatic carbocycles. The second kappa shape index (κ2) is 6.53. The summed E-state index contributed by atoms with van der Waals surface area (Å²) in [7, 11) is 0. The fourth-order valence-electron chi connectivity index (χ4n) is 1.29. The fourth-order valence-corrected chi connectivity index (χ4v) is 1.29. The average molecular weight is 253 g/mol.